The molecule has 5 rings (SSSR count). The number of carbonyl (C=O) groups is 4. The summed E-state index contributed by atoms with van der Waals surface area (Å²) in [5.41, 5.74) is -1.45. The van der Waals surface area contributed by atoms with Crippen molar-refractivity contribution in [3.8, 4) is 11.4 Å². The number of allylic oxidation sites excluding steroid dienone is 1. The molecule has 1 saturated carbocycles. The summed E-state index contributed by atoms with van der Waals surface area (Å²) in [6.45, 7) is 5.28. The molecule has 44 heavy (non-hydrogen) atoms. The summed E-state index contributed by atoms with van der Waals surface area (Å²) in [5, 5.41) is 28.5. The lowest BCUT2D eigenvalue weighted by Gasteiger charge is -2.30. The van der Waals surface area contributed by atoms with Gasteiger partial charge in [0.05, 0.1) is 6.04 Å². The standard InChI is InChI=1S/C30H38BrN7O6/c1-29(2,3)44-28(43)32-22-13-8-6-4-5-7-11-19-16-30(19,27(41)42)33-25(39)23-15-21(17-37(23)26(22)40)38-35-24(34-36-38)18-10-9-12-20(31)14-18/h7,9-12,14,19,21-23H,4-6,8,13,15-17H2,1-3H3,(H,32,43)(H,33,39)(H,41,42)/b11-7-/t19-,21+,22-,23-,30+/m0/s1. The van der Waals surface area contributed by atoms with E-state index in [4.69, 9.17) is 4.74 Å². The topological polar surface area (TPSA) is 169 Å². The fourth-order valence-electron chi connectivity index (χ4n) is 5.82. The molecule has 1 aromatic carbocycles. The molecule has 0 bridgehead atoms. The quantitative estimate of drug-likeness (QED) is 0.411. The molecule has 5 atom stereocenters. The summed E-state index contributed by atoms with van der Waals surface area (Å²) in [4.78, 5) is 55.8. The number of hydrogen-bond acceptors (Lipinski definition) is 8. The summed E-state index contributed by atoms with van der Waals surface area (Å²) in [7, 11) is 0. The van der Waals surface area contributed by atoms with Gasteiger partial charge in [-0.3, -0.25) is 9.59 Å². The molecule has 0 unspecified atom stereocenters. The Morgan fingerprint density at radius 3 is 2.73 bits per heavy atom. The number of nitrogens with one attached hydrogen (secondary N) is 2. The molecule has 3 N–H and O–H groups in total. The van der Waals surface area contributed by atoms with Gasteiger partial charge < -0.3 is 25.4 Å². The second-order valence-electron chi connectivity index (χ2n) is 12.7. The van der Waals surface area contributed by atoms with Crippen LogP contribution in [0.3, 0.4) is 0 Å². The smallest absolute Gasteiger partial charge is 0.408 e. The van der Waals surface area contributed by atoms with Crippen molar-refractivity contribution >= 4 is 39.8 Å². The second kappa shape index (κ2) is 12.7. The van der Waals surface area contributed by atoms with Crippen molar-refractivity contribution in [1.29, 1.82) is 0 Å². The predicted octanol–water partition coefficient (Wildman–Crippen LogP) is 3.62. The monoisotopic (exact) mass is 671 g/mol. The van der Waals surface area contributed by atoms with Gasteiger partial charge >= 0.3 is 12.1 Å². The van der Waals surface area contributed by atoms with Gasteiger partial charge in [-0.2, -0.15) is 4.80 Å². The Labute approximate surface area is 263 Å². The van der Waals surface area contributed by atoms with E-state index in [1.54, 1.807) is 20.8 Å². The molecule has 236 valence electrons. The van der Waals surface area contributed by atoms with E-state index in [1.807, 2.05) is 36.4 Å². The van der Waals surface area contributed by atoms with E-state index in [1.165, 1.54) is 9.70 Å². The zero-order chi connectivity index (χ0) is 31.6. The molecule has 0 radical (unpaired) electrons. The van der Waals surface area contributed by atoms with Crippen molar-refractivity contribution < 1.29 is 29.0 Å². The largest absolute Gasteiger partial charge is 0.479 e. The number of aromatic nitrogens is 4. The molecular weight excluding hydrogens is 634 g/mol. The first-order chi connectivity index (χ1) is 20.9. The Bertz CT molecular complexity index is 1460. The van der Waals surface area contributed by atoms with Crippen LogP contribution in [-0.2, 0) is 19.1 Å². The number of nitrogens with zero attached hydrogens (tertiary/aromatic N) is 5. The Balaban J connectivity index is 1.44. The number of alkyl carbamates (subject to hydrolysis) is 1. The fourth-order valence-corrected chi connectivity index (χ4v) is 6.22. The molecule has 2 aliphatic heterocycles. The van der Waals surface area contributed by atoms with Crippen LogP contribution in [0.5, 0.6) is 0 Å². The van der Waals surface area contributed by atoms with Gasteiger partial charge in [-0.05, 0) is 63.8 Å². The first kappa shape index (κ1) is 31.6. The minimum Gasteiger partial charge on any atom is -0.479 e. The number of hydrogen-bond donors (Lipinski definition) is 3. The Morgan fingerprint density at radius 2 is 2.00 bits per heavy atom. The lowest BCUT2D eigenvalue weighted by atomic mass is 10.0. The summed E-state index contributed by atoms with van der Waals surface area (Å²) >= 11 is 3.44. The van der Waals surface area contributed by atoms with Crippen LogP contribution in [0.1, 0.15) is 71.8 Å². The average Bonchev–Trinajstić information content (AvgIpc) is 3.27. The van der Waals surface area contributed by atoms with Gasteiger partial charge in [0.15, 0.2) is 0 Å². The lowest BCUT2D eigenvalue weighted by molar-refractivity contribution is -0.145. The van der Waals surface area contributed by atoms with E-state index in [-0.39, 0.29) is 25.3 Å². The maximum Gasteiger partial charge on any atom is 0.408 e. The third kappa shape index (κ3) is 7.11. The van der Waals surface area contributed by atoms with Crippen molar-refractivity contribution in [2.45, 2.75) is 95.0 Å². The summed E-state index contributed by atoms with van der Waals surface area (Å²) in [5.74, 6) is -2.08. The zero-order valence-electron chi connectivity index (χ0n) is 25.0. The molecule has 1 aliphatic carbocycles. The van der Waals surface area contributed by atoms with Crippen LogP contribution in [-0.4, -0.2) is 83.9 Å². The Morgan fingerprint density at radius 1 is 1.20 bits per heavy atom. The highest BCUT2D eigenvalue weighted by Gasteiger charge is 2.61. The fraction of sp³-hybridized carbons (Fsp3) is 0.567. The van der Waals surface area contributed by atoms with Crippen LogP contribution >= 0.6 is 15.9 Å². The van der Waals surface area contributed by atoms with E-state index >= 15 is 0 Å². The van der Waals surface area contributed by atoms with Gasteiger partial charge in [0.1, 0.15) is 23.2 Å². The average molecular weight is 673 g/mol. The van der Waals surface area contributed by atoms with Crippen LogP contribution < -0.4 is 10.6 Å². The van der Waals surface area contributed by atoms with Gasteiger partial charge in [-0.15, -0.1) is 10.2 Å². The summed E-state index contributed by atoms with van der Waals surface area (Å²) in [6.07, 6.45) is 6.94. The van der Waals surface area contributed by atoms with Crippen molar-refractivity contribution in [2.24, 2.45) is 5.92 Å². The molecule has 13 nitrogen and oxygen atoms in total. The van der Waals surface area contributed by atoms with Gasteiger partial charge in [0.2, 0.25) is 17.6 Å². The molecule has 3 amide bonds. The van der Waals surface area contributed by atoms with Crippen molar-refractivity contribution in [3.63, 3.8) is 0 Å². The number of rotatable bonds is 4. The second-order valence-corrected chi connectivity index (χ2v) is 13.6. The highest BCUT2D eigenvalue weighted by atomic mass is 79.9. The molecule has 1 saturated heterocycles. The highest BCUT2D eigenvalue weighted by Crippen LogP contribution is 2.45. The van der Waals surface area contributed by atoms with E-state index in [0.29, 0.717) is 18.7 Å². The number of fused-ring (bicyclic) bond motifs is 2. The molecule has 2 fully saturated rings. The van der Waals surface area contributed by atoms with Crippen molar-refractivity contribution in [2.75, 3.05) is 6.54 Å². The maximum absolute atomic E-state index is 14.1. The van der Waals surface area contributed by atoms with E-state index in [9.17, 15) is 24.3 Å². The van der Waals surface area contributed by atoms with Crippen molar-refractivity contribution in [1.82, 2.24) is 35.7 Å². The van der Waals surface area contributed by atoms with Crippen LogP contribution in [0.25, 0.3) is 11.4 Å². The van der Waals surface area contributed by atoms with Crippen LogP contribution in [0, 0.1) is 5.92 Å². The maximum atomic E-state index is 14.1. The minimum absolute atomic E-state index is 0.0705. The molecule has 3 aliphatic rings. The lowest BCUT2D eigenvalue weighted by Crippen LogP contribution is -2.56. The molecule has 2 aromatic rings. The van der Waals surface area contributed by atoms with E-state index in [2.05, 4.69) is 42.0 Å². The predicted molar refractivity (Wildman–Crippen MR) is 162 cm³/mol. The molecule has 3 heterocycles. The summed E-state index contributed by atoms with van der Waals surface area (Å²) < 4.78 is 6.29. The first-order valence-electron chi connectivity index (χ1n) is 14.9. The van der Waals surface area contributed by atoms with Crippen LogP contribution in [0.15, 0.2) is 40.9 Å². The molecular formula is C30H38BrN7O6. The molecule has 14 heteroatoms. The zero-order valence-corrected chi connectivity index (χ0v) is 26.6. The summed E-state index contributed by atoms with van der Waals surface area (Å²) in [6, 6.07) is 4.97. The third-order valence-corrected chi connectivity index (χ3v) is 8.66. The van der Waals surface area contributed by atoms with E-state index < -0.39 is 53.1 Å². The normalized spacial score (nSPS) is 28.5. The van der Waals surface area contributed by atoms with Gasteiger partial charge in [0, 0.05) is 28.9 Å². The number of halogens is 1. The third-order valence-electron chi connectivity index (χ3n) is 8.17. The highest BCUT2D eigenvalue weighted by molar-refractivity contribution is 9.10. The van der Waals surface area contributed by atoms with Gasteiger partial charge in [-0.1, -0.05) is 53.1 Å². The van der Waals surface area contributed by atoms with Crippen molar-refractivity contribution in [3.05, 3.63) is 40.9 Å². The minimum atomic E-state index is -1.42. The number of carboxylic acid groups (broad SMARTS) is 1. The molecule has 0 spiro atoms. The van der Waals surface area contributed by atoms with Crippen LogP contribution in [0.2, 0.25) is 0 Å². The van der Waals surface area contributed by atoms with E-state index in [0.717, 1.165) is 29.3 Å². The first-order valence-corrected chi connectivity index (χ1v) is 15.7. The van der Waals surface area contributed by atoms with Crippen LogP contribution in [0.4, 0.5) is 4.79 Å². The Kier molecular flexibility index (Phi) is 9.10. The van der Waals surface area contributed by atoms with Gasteiger partial charge in [0.25, 0.3) is 0 Å². The number of amides is 3. The number of carbonyl (C=O) groups excluding carboxylic acids is 3. The number of benzene rings is 1. The number of aliphatic carboxylic acids is 1. The number of ether oxygens (including phenoxy) is 1. The number of tetrazole rings is 1. The number of carboxylic acids is 1. The molecule has 1 aromatic heterocycles. The van der Waals surface area contributed by atoms with Gasteiger partial charge in [-0.25, -0.2) is 9.59 Å². The Hall–Kier alpha value is -3.81. The SMILES string of the molecule is CC(C)(C)OC(=O)N[C@H]1CCCCC/C=C\[C@H]2C[C@@]2(C(=O)O)NC(=O)[C@@H]2C[C@@H](n3nnc(-c4cccc(Br)c4)n3)CN2C1=O.